The molecule has 1 aromatic rings. The number of rotatable bonds is 5. The molecule has 4 nitrogen and oxygen atoms in total. The Balaban J connectivity index is 1.86. The van der Waals surface area contributed by atoms with Gasteiger partial charge in [-0.05, 0) is 24.9 Å². The summed E-state index contributed by atoms with van der Waals surface area (Å²) in [5.74, 6) is -1.14. The molecule has 1 saturated heterocycles. The highest BCUT2D eigenvalue weighted by atomic mass is 32.1. The van der Waals surface area contributed by atoms with Gasteiger partial charge >= 0.3 is 5.97 Å². The molecule has 5 heteroatoms. The predicted molar refractivity (Wildman–Crippen MR) is 66.4 cm³/mol. The van der Waals surface area contributed by atoms with Crippen LogP contribution in [0.1, 0.15) is 4.88 Å². The van der Waals surface area contributed by atoms with Gasteiger partial charge < -0.3 is 9.84 Å². The molecule has 0 amide bonds. The van der Waals surface area contributed by atoms with Crippen molar-refractivity contribution in [2.75, 3.05) is 26.8 Å². The van der Waals surface area contributed by atoms with E-state index in [1.165, 1.54) is 4.88 Å². The Morgan fingerprint density at radius 2 is 2.47 bits per heavy atom. The number of aliphatic carboxylic acids is 1. The van der Waals surface area contributed by atoms with Crippen molar-refractivity contribution in [1.82, 2.24) is 4.90 Å². The molecule has 94 valence electrons. The number of likely N-dealkylation sites (N-methyl/N-ethyl adjacent to an activating group) is 1. The lowest BCUT2D eigenvalue weighted by atomic mass is 10.0. The third-order valence-electron chi connectivity index (χ3n) is 3.22. The minimum atomic E-state index is -0.754. The van der Waals surface area contributed by atoms with Crippen molar-refractivity contribution in [2.24, 2.45) is 5.92 Å². The van der Waals surface area contributed by atoms with Crippen LogP contribution in [0.5, 0.6) is 0 Å². The Kier molecular flexibility index (Phi) is 4.15. The van der Waals surface area contributed by atoms with Gasteiger partial charge in [0.2, 0.25) is 0 Å². The van der Waals surface area contributed by atoms with Gasteiger partial charge in [0.05, 0.1) is 19.1 Å². The molecule has 0 radical (unpaired) electrons. The Labute approximate surface area is 105 Å². The summed E-state index contributed by atoms with van der Waals surface area (Å²) < 4.78 is 5.27. The van der Waals surface area contributed by atoms with Crippen molar-refractivity contribution in [2.45, 2.75) is 12.5 Å². The van der Waals surface area contributed by atoms with Crippen molar-refractivity contribution < 1.29 is 14.6 Å². The van der Waals surface area contributed by atoms with Gasteiger partial charge in [0.25, 0.3) is 0 Å². The molecule has 2 heterocycles. The van der Waals surface area contributed by atoms with Crippen molar-refractivity contribution in [3.63, 3.8) is 0 Å². The standard InChI is InChI=1S/C12H17NO3S/c1-13(5-4-9-3-2-6-17-9)11-8-16-7-10(11)12(14)15/h2-3,6,10-11H,4-5,7-8H2,1H3,(H,14,15). The van der Waals surface area contributed by atoms with Gasteiger partial charge in [-0.15, -0.1) is 11.3 Å². The first-order valence-electron chi connectivity index (χ1n) is 5.71. The third kappa shape index (κ3) is 3.06. The maximum atomic E-state index is 11.0. The number of hydrogen-bond donors (Lipinski definition) is 1. The molecule has 17 heavy (non-hydrogen) atoms. The number of carboxylic acid groups (broad SMARTS) is 1. The number of ether oxygens (including phenoxy) is 1. The van der Waals surface area contributed by atoms with Crippen molar-refractivity contribution >= 4 is 17.3 Å². The molecular formula is C12H17NO3S. The Hall–Kier alpha value is -0.910. The van der Waals surface area contributed by atoms with E-state index in [0.29, 0.717) is 13.2 Å². The van der Waals surface area contributed by atoms with Gasteiger partial charge in [0, 0.05) is 17.5 Å². The first-order valence-corrected chi connectivity index (χ1v) is 6.59. The fourth-order valence-corrected chi connectivity index (χ4v) is 2.82. The van der Waals surface area contributed by atoms with Crippen LogP contribution in [0, 0.1) is 5.92 Å². The van der Waals surface area contributed by atoms with Gasteiger partial charge in [-0.1, -0.05) is 6.07 Å². The van der Waals surface area contributed by atoms with E-state index in [1.54, 1.807) is 11.3 Å². The fraction of sp³-hybridized carbons (Fsp3) is 0.583. The lowest BCUT2D eigenvalue weighted by Gasteiger charge is -2.25. The maximum Gasteiger partial charge on any atom is 0.310 e. The number of carbonyl (C=O) groups is 1. The van der Waals surface area contributed by atoms with Crippen molar-refractivity contribution in [1.29, 1.82) is 0 Å². The molecule has 0 bridgehead atoms. The van der Waals surface area contributed by atoms with Gasteiger partial charge in [0.1, 0.15) is 0 Å². The van der Waals surface area contributed by atoms with Crippen LogP contribution in [-0.2, 0) is 16.0 Å². The van der Waals surface area contributed by atoms with Gasteiger partial charge in [0.15, 0.2) is 0 Å². The summed E-state index contributed by atoms with van der Waals surface area (Å²) in [5.41, 5.74) is 0. The molecule has 2 rings (SSSR count). The first-order chi connectivity index (χ1) is 8.18. The van der Waals surface area contributed by atoms with Crippen LogP contribution in [0.2, 0.25) is 0 Å². The molecule has 0 aromatic carbocycles. The van der Waals surface area contributed by atoms with E-state index >= 15 is 0 Å². The number of carboxylic acids is 1. The molecule has 1 fully saturated rings. The zero-order valence-corrected chi connectivity index (χ0v) is 10.7. The third-order valence-corrected chi connectivity index (χ3v) is 4.16. The zero-order chi connectivity index (χ0) is 12.3. The monoisotopic (exact) mass is 255 g/mol. The van der Waals surface area contributed by atoms with Crippen molar-refractivity contribution in [3.05, 3.63) is 22.4 Å². The molecule has 2 atom stereocenters. The Bertz CT molecular complexity index is 366. The van der Waals surface area contributed by atoms with Crippen molar-refractivity contribution in [3.8, 4) is 0 Å². The second kappa shape index (κ2) is 5.62. The van der Waals surface area contributed by atoms with E-state index in [2.05, 4.69) is 16.3 Å². The second-order valence-corrected chi connectivity index (χ2v) is 5.39. The highest BCUT2D eigenvalue weighted by molar-refractivity contribution is 7.09. The number of thiophene rings is 1. The minimum absolute atomic E-state index is 0.00691. The predicted octanol–water partition coefficient (Wildman–Crippen LogP) is 1.32. The molecule has 1 aliphatic heterocycles. The molecule has 1 aliphatic rings. The topological polar surface area (TPSA) is 49.8 Å². The first kappa shape index (κ1) is 12.5. The summed E-state index contributed by atoms with van der Waals surface area (Å²) >= 11 is 1.74. The van der Waals surface area contributed by atoms with Crippen LogP contribution < -0.4 is 0 Å². The van der Waals surface area contributed by atoms with Crippen LogP contribution >= 0.6 is 11.3 Å². The molecule has 0 aliphatic carbocycles. The summed E-state index contributed by atoms with van der Waals surface area (Å²) in [6.45, 7) is 1.74. The highest BCUT2D eigenvalue weighted by Gasteiger charge is 2.36. The largest absolute Gasteiger partial charge is 0.481 e. The second-order valence-electron chi connectivity index (χ2n) is 4.36. The van der Waals surface area contributed by atoms with E-state index in [1.807, 2.05) is 13.1 Å². The van der Waals surface area contributed by atoms with Gasteiger partial charge in [-0.2, -0.15) is 0 Å². The molecular weight excluding hydrogens is 238 g/mol. The molecule has 1 N–H and O–H groups in total. The average molecular weight is 255 g/mol. The van der Waals surface area contributed by atoms with E-state index in [9.17, 15) is 4.79 Å². The smallest absolute Gasteiger partial charge is 0.310 e. The van der Waals surface area contributed by atoms with Crippen LogP contribution in [0.25, 0.3) is 0 Å². The normalized spacial score (nSPS) is 24.4. The lowest BCUT2D eigenvalue weighted by molar-refractivity contribution is -0.143. The SMILES string of the molecule is CN(CCc1cccs1)C1COCC1C(=O)O. The summed E-state index contributed by atoms with van der Waals surface area (Å²) in [7, 11) is 1.98. The van der Waals surface area contributed by atoms with E-state index < -0.39 is 5.97 Å². The van der Waals surface area contributed by atoms with Gasteiger partial charge in [-0.3, -0.25) is 9.69 Å². The summed E-state index contributed by atoms with van der Waals surface area (Å²) in [6, 6.07) is 4.16. The highest BCUT2D eigenvalue weighted by Crippen LogP contribution is 2.19. The van der Waals surface area contributed by atoms with E-state index in [-0.39, 0.29) is 12.0 Å². The fourth-order valence-electron chi connectivity index (χ4n) is 2.12. The van der Waals surface area contributed by atoms with Gasteiger partial charge in [-0.25, -0.2) is 0 Å². The zero-order valence-electron chi connectivity index (χ0n) is 9.83. The molecule has 1 aromatic heterocycles. The molecule has 0 saturated carbocycles. The average Bonchev–Trinajstić information content (AvgIpc) is 2.96. The number of nitrogens with zero attached hydrogens (tertiary/aromatic N) is 1. The van der Waals surface area contributed by atoms with Crippen LogP contribution in [0.4, 0.5) is 0 Å². The van der Waals surface area contributed by atoms with Crippen LogP contribution in [0.3, 0.4) is 0 Å². The van der Waals surface area contributed by atoms with E-state index in [0.717, 1.165) is 13.0 Å². The maximum absolute atomic E-state index is 11.0. The minimum Gasteiger partial charge on any atom is -0.481 e. The summed E-state index contributed by atoms with van der Waals surface area (Å²) in [4.78, 5) is 14.5. The van der Waals surface area contributed by atoms with Crippen LogP contribution in [-0.4, -0.2) is 48.8 Å². The van der Waals surface area contributed by atoms with Crippen LogP contribution in [0.15, 0.2) is 17.5 Å². The molecule has 2 unspecified atom stereocenters. The quantitative estimate of drug-likeness (QED) is 0.862. The summed E-state index contributed by atoms with van der Waals surface area (Å²) in [5, 5.41) is 11.1. The lowest BCUT2D eigenvalue weighted by Crippen LogP contribution is -2.41. The Morgan fingerprint density at radius 1 is 1.65 bits per heavy atom. The van der Waals surface area contributed by atoms with E-state index in [4.69, 9.17) is 9.84 Å². The summed E-state index contributed by atoms with van der Waals surface area (Å²) in [6.07, 6.45) is 0.969. The molecule has 0 spiro atoms. The number of hydrogen-bond acceptors (Lipinski definition) is 4. The Morgan fingerprint density at radius 3 is 3.12 bits per heavy atom.